The molecule has 0 spiro atoms. The molecule has 0 aliphatic carbocycles. The lowest BCUT2D eigenvalue weighted by atomic mass is 10.0. The largest absolute Gasteiger partial charge is 0.530 e. The number of hydrogen-bond donors (Lipinski definition) is 2. The number of ether oxygens (including phenoxy) is 1. The van der Waals surface area contributed by atoms with Crippen LogP contribution in [-0.4, -0.2) is 72.2 Å². The second-order valence-corrected chi connectivity index (χ2v) is 8.86. The van der Waals surface area contributed by atoms with Gasteiger partial charge >= 0.3 is 6.61 Å². The molecule has 1 aliphatic rings. The molecule has 1 aliphatic heterocycles. The number of carboxylic acid groups (broad SMARTS) is 1. The number of rotatable bonds is 6. The van der Waals surface area contributed by atoms with Gasteiger partial charge in [-0.05, 0) is 30.7 Å². The van der Waals surface area contributed by atoms with E-state index in [2.05, 4.69) is 25.2 Å². The first-order valence-corrected chi connectivity index (χ1v) is 11.7. The van der Waals surface area contributed by atoms with Crippen LogP contribution in [0.4, 0.5) is 19.3 Å². The van der Waals surface area contributed by atoms with Crippen molar-refractivity contribution in [1.82, 2.24) is 29.3 Å². The summed E-state index contributed by atoms with van der Waals surface area (Å²) in [5.74, 6) is -0.887. The van der Waals surface area contributed by atoms with E-state index < -0.39 is 30.8 Å². The summed E-state index contributed by atoms with van der Waals surface area (Å²) in [6.45, 7) is -3.23. The van der Waals surface area contributed by atoms with Crippen LogP contribution < -0.4 is 15.2 Å². The number of likely N-dealkylation sites (tertiary alicyclic amines) is 1. The zero-order valence-corrected chi connectivity index (χ0v) is 20.1. The van der Waals surface area contributed by atoms with Gasteiger partial charge in [-0.1, -0.05) is 11.6 Å². The number of aromatic nitrogens is 5. The molecule has 0 bridgehead atoms. The Morgan fingerprint density at radius 2 is 2.13 bits per heavy atom. The number of carbonyl (C=O) groups excluding carboxylic acids is 2. The number of nitrogens with zero attached hydrogens (tertiary/aromatic N) is 6. The van der Waals surface area contributed by atoms with Crippen molar-refractivity contribution in [2.75, 3.05) is 18.4 Å². The Bertz CT molecular complexity index is 1510. The predicted molar refractivity (Wildman–Crippen MR) is 127 cm³/mol. The number of fused-ring (bicyclic) bond motifs is 1. The summed E-state index contributed by atoms with van der Waals surface area (Å²) in [6.07, 6.45) is 3.50. The van der Waals surface area contributed by atoms with Gasteiger partial charge in [0.25, 0.3) is 5.91 Å². The van der Waals surface area contributed by atoms with E-state index in [1.165, 1.54) is 46.0 Å². The number of nitrogens with one attached hydrogen (secondary N) is 1. The van der Waals surface area contributed by atoms with E-state index in [0.29, 0.717) is 0 Å². The maximum Gasteiger partial charge on any atom is 0.387 e. The lowest BCUT2D eigenvalue weighted by Gasteiger charge is -2.37. The fourth-order valence-electron chi connectivity index (χ4n) is 4.26. The van der Waals surface area contributed by atoms with Gasteiger partial charge < -0.3 is 30.0 Å². The third kappa shape index (κ3) is 4.95. The van der Waals surface area contributed by atoms with Crippen molar-refractivity contribution in [2.45, 2.75) is 25.2 Å². The molecule has 2 amide bonds. The van der Waals surface area contributed by atoms with Crippen molar-refractivity contribution in [3.05, 3.63) is 59.6 Å². The third-order valence-electron chi connectivity index (χ3n) is 6.06. The van der Waals surface area contributed by atoms with Crippen molar-refractivity contribution >= 4 is 34.9 Å². The summed E-state index contributed by atoms with van der Waals surface area (Å²) < 4.78 is 33.6. The highest BCUT2D eigenvalue weighted by atomic mass is 35.5. The topological polar surface area (TPSA) is 150 Å². The average molecular weight is 547 g/mol. The Morgan fingerprint density at radius 3 is 2.89 bits per heavy atom. The van der Waals surface area contributed by atoms with Crippen LogP contribution >= 0.6 is 11.6 Å². The second-order valence-electron chi connectivity index (χ2n) is 8.43. The molecule has 3 aromatic heterocycles. The number of benzene rings is 1. The minimum atomic E-state index is -3.16. The van der Waals surface area contributed by atoms with Gasteiger partial charge in [0.1, 0.15) is 23.1 Å². The highest BCUT2D eigenvalue weighted by Gasteiger charge is 2.32. The molecule has 2 atom stereocenters. The van der Waals surface area contributed by atoms with E-state index >= 15 is 0 Å². The molecule has 4 aromatic rings. The third-order valence-corrected chi connectivity index (χ3v) is 6.30. The van der Waals surface area contributed by atoms with E-state index in [-0.39, 0.29) is 58.4 Å². The summed E-state index contributed by atoms with van der Waals surface area (Å²) in [5.41, 5.74) is 0.492. The van der Waals surface area contributed by atoms with Crippen LogP contribution in [0.3, 0.4) is 0 Å². The number of piperidine rings is 1. The van der Waals surface area contributed by atoms with Crippen LogP contribution in [0.25, 0.3) is 16.9 Å². The number of halogens is 3. The predicted octanol–water partition coefficient (Wildman–Crippen LogP) is 2.05. The molecule has 1 saturated heterocycles. The highest BCUT2D eigenvalue weighted by molar-refractivity contribution is 6.31. The summed E-state index contributed by atoms with van der Waals surface area (Å²) in [6, 6.07) is 4.70. The number of hydrogen-bond acceptors (Lipinski definition) is 8. The van der Waals surface area contributed by atoms with Gasteiger partial charge in [0.05, 0.1) is 24.0 Å². The van der Waals surface area contributed by atoms with Gasteiger partial charge in [-0.15, -0.1) is 0 Å². The minimum Gasteiger partial charge on any atom is -0.530 e. The molecule has 4 heterocycles. The molecule has 2 N–H and O–H groups in total. The van der Waals surface area contributed by atoms with Crippen LogP contribution in [0.2, 0.25) is 5.02 Å². The number of aliphatic hydroxyl groups excluding tert-OH is 1. The van der Waals surface area contributed by atoms with Crippen LogP contribution in [0, 0.1) is 0 Å². The molecule has 5 rings (SSSR count). The molecule has 12 nitrogen and oxygen atoms in total. The van der Waals surface area contributed by atoms with Gasteiger partial charge in [0.2, 0.25) is 0 Å². The van der Waals surface area contributed by atoms with Gasteiger partial charge in [-0.3, -0.25) is 9.48 Å². The SMILES string of the molecule is O=C(Nc1cn([C@H]2CN(C(=O)[O-])CC[C@@H]2O)nc1-c1cc(Cl)ccc1OC(F)F)c1cnn2cccnc12. The number of amides is 2. The normalized spacial score (nSPS) is 17.7. The average Bonchev–Trinajstić information content (AvgIpc) is 3.49. The van der Waals surface area contributed by atoms with Crippen LogP contribution in [0.1, 0.15) is 22.8 Å². The molecule has 38 heavy (non-hydrogen) atoms. The quantitative estimate of drug-likeness (QED) is 0.373. The number of aliphatic hydroxyl groups is 1. The number of carbonyl (C=O) groups is 2. The summed E-state index contributed by atoms with van der Waals surface area (Å²) in [4.78, 5) is 29.8. The van der Waals surface area contributed by atoms with Crippen molar-refractivity contribution in [3.63, 3.8) is 0 Å². The van der Waals surface area contributed by atoms with E-state index in [1.807, 2.05) is 0 Å². The van der Waals surface area contributed by atoms with Crippen LogP contribution in [0.5, 0.6) is 5.75 Å². The monoisotopic (exact) mass is 546 g/mol. The summed E-state index contributed by atoms with van der Waals surface area (Å²) in [7, 11) is 0. The molecule has 0 radical (unpaired) electrons. The molecule has 0 saturated carbocycles. The van der Waals surface area contributed by atoms with Gasteiger partial charge in [0.15, 0.2) is 5.65 Å². The first-order valence-electron chi connectivity index (χ1n) is 11.3. The van der Waals surface area contributed by atoms with Crippen molar-refractivity contribution in [3.8, 4) is 17.0 Å². The molecule has 198 valence electrons. The Balaban J connectivity index is 1.59. The lowest BCUT2D eigenvalue weighted by molar-refractivity contribution is -0.267. The summed E-state index contributed by atoms with van der Waals surface area (Å²) in [5, 5.41) is 33.4. The first-order chi connectivity index (χ1) is 18.2. The van der Waals surface area contributed by atoms with Crippen LogP contribution in [-0.2, 0) is 0 Å². The standard InChI is InChI=1S/C23H20ClF2N7O5/c24-12-2-3-18(38-22(25)26)13(8-12)19-15(29-21(35)14-9-28-32-6-1-5-27-20(14)32)10-33(30-19)16-11-31(23(36)37)7-4-17(16)34/h1-3,5-6,8-10,16-17,22,34H,4,7,11H2,(H,29,35)(H,36,37)/p-1/t16-,17-/m0/s1. The zero-order valence-electron chi connectivity index (χ0n) is 19.4. The van der Waals surface area contributed by atoms with Gasteiger partial charge in [0, 0.05) is 42.3 Å². The van der Waals surface area contributed by atoms with Gasteiger partial charge in [-0.2, -0.15) is 19.0 Å². The Labute approximate surface area is 218 Å². The maximum atomic E-state index is 13.2. The van der Waals surface area contributed by atoms with Crippen LogP contribution in [0.15, 0.2) is 49.1 Å². The molecule has 1 aromatic carbocycles. The second kappa shape index (κ2) is 10.2. The molecular formula is C23H19ClF2N7O5-. The van der Waals surface area contributed by atoms with E-state index in [1.54, 1.807) is 12.3 Å². The highest BCUT2D eigenvalue weighted by Crippen LogP contribution is 2.38. The first kappa shape index (κ1) is 25.4. The Morgan fingerprint density at radius 1 is 1.32 bits per heavy atom. The zero-order chi connectivity index (χ0) is 27.0. The van der Waals surface area contributed by atoms with Crippen molar-refractivity contribution in [2.24, 2.45) is 0 Å². The maximum absolute atomic E-state index is 13.2. The van der Waals surface area contributed by atoms with E-state index in [4.69, 9.17) is 11.6 Å². The fourth-order valence-corrected chi connectivity index (χ4v) is 4.43. The van der Waals surface area contributed by atoms with E-state index in [0.717, 1.165) is 4.90 Å². The Hall–Kier alpha value is -4.30. The summed E-state index contributed by atoms with van der Waals surface area (Å²) >= 11 is 6.14. The minimum absolute atomic E-state index is 0.00120. The van der Waals surface area contributed by atoms with Gasteiger partial charge in [-0.25, -0.2) is 9.50 Å². The molecule has 1 fully saturated rings. The van der Waals surface area contributed by atoms with Crippen molar-refractivity contribution < 1.29 is 33.3 Å². The molecular weight excluding hydrogens is 528 g/mol. The van der Waals surface area contributed by atoms with E-state index in [9.17, 15) is 28.6 Å². The number of anilines is 1. The molecule has 0 unspecified atom stereocenters. The molecule has 15 heteroatoms. The fraction of sp³-hybridized carbons (Fsp3) is 0.261. The smallest absolute Gasteiger partial charge is 0.387 e. The Kier molecular flexibility index (Phi) is 6.82. The lowest BCUT2D eigenvalue weighted by Crippen LogP contribution is -2.51. The van der Waals surface area contributed by atoms with Crippen molar-refractivity contribution in [1.29, 1.82) is 0 Å². The number of alkyl halides is 2.